The number of alkyl halides is 1. The van der Waals surface area contributed by atoms with Crippen LogP contribution in [-0.4, -0.2) is 17.3 Å². The van der Waals surface area contributed by atoms with E-state index in [1.54, 1.807) is 18.2 Å². The van der Waals surface area contributed by atoms with Gasteiger partial charge in [0.05, 0.1) is 10.9 Å². The van der Waals surface area contributed by atoms with Crippen LogP contribution >= 0.6 is 39.1 Å². The molecule has 1 fully saturated rings. The summed E-state index contributed by atoms with van der Waals surface area (Å²) >= 11 is 15.3. The fourth-order valence-corrected chi connectivity index (χ4v) is 3.20. The fourth-order valence-electron chi connectivity index (χ4n) is 2.00. The van der Waals surface area contributed by atoms with Crippen molar-refractivity contribution in [3.05, 3.63) is 33.3 Å². The average Bonchev–Trinajstić information content (AvgIpc) is 2.64. The van der Waals surface area contributed by atoms with E-state index in [-0.39, 0.29) is 17.3 Å². The molecule has 0 heterocycles. The van der Waals surface area contributed by atoms with Crippen molar-refractivity contribution in [3.63, 3.8) is 0 Å². The lowest BCUT2D eigenvalue weighted by atomic mass is 10.2. The van der Waals surface area contributed by atoms with Crippen LogP contribution < -0.4 is 5.32 Å². The van der Waals surface area contributed by atoms with E-state index >= 15 is 0 Å². The summed E-state index contributed by atoms with van der Waals surface area (Å²) in [5, 5.41) is 3.61. The standard InChI is InChI=1S/C12H12BrCl2NO/c13-9-6-7(14)4-5-8(9)12(17)16-11-3-1-2-10(11)15/h4-6,10-11H,1-3H2,(H,16,17). The van der Waals surface area contributed by atoms with Crippen molar-refractivity contribution in [3.8, 4) is 0 Å². The van der Waals surface area contributed by atoms with Gasteiger partial charge in [0.1, 0.15) is 0 Å². The highest BCUT2D eigenvalue weighted by Crippen LogP contribution is 2.26. The molecule has 1 amide bonds. The molecule has 1 aromatic carbocycles. The summed E-state index contributed by atoms with van der Waals surface area (Å²) in [4.78, 5) is 12.0. The number of benzene rings is 1. The van der Waals surface area contributed by atoms with E-state index in [2.05, 4.69) is 21.2 Å². The van der Waals surface area contributed by atoms with E-state index in [1.807, 2.05) is 0 Å². The van der Waals surface area contributed by atoms with E-state index in [0.717, 1.165) is 19.3 Å². The highest BCUT2D eigenvalue weighted by atomic mass is 79.9. The molecule has 0 bridgehead atoms. The molecule has 1 aromatic rings. The topological polar surface area (TPSA) is 29.1 Å². The first kappa shape index (κ1) is 13.2. The Morgan fingerprint density at radius 3 is 2.76 bits per heavy atom. The Bertz CT molecular complexity index is 439. The number of amides is 1. The Morgan fingerprint density at radius 2 is 2.18 bits per heavy atom. The zero-order valence-corrected chi connectivity index (χ0v) is 12.1. The second-order valence-corrected chi connectivity index (χ2v) is 6.00. The van der Waals surface area contributed by atoms with Gasteiger partial charge in [0, 0.05) is 15.5 Å². The molecule has 1 aliphatic rings. The third kappa shape index (κ3) is 3.15. The smallest absolute Gasteiger partial charge is 0.252 e. The highest BCUT2D eigenvalue weighted by Gasteiger charge is 2.27. The van der Waals surface area contributed by atoms with Crippen LogP contribution in [0.4, 0.5) is 0 Å². The largest absolute Gasteiger partial charge is 0.348 e. The number of nitrogens with one attached hydrogen (secondary N) is 1. The van der Waals surface area contributed by atoms with E-state index in [4.69, 9.17) is 23.2 Å². The number of carbonyl (C=O) groups excluding carboxylic acids is 1. The molecular formula is C12H12BrCl2NO. The molecule has 5 heteroatoms. The van der Waals surface area contributed by atoms with Gasteiger partial charge in [0.25, 0.3) is 5.91 Å². The minimum atomic E-state index is -0.105. The van der Waals surface area contributed by atoms with E-state index in [9.17, 15) is 4.79 Å². The Balaban J connectivity index is 2.09. The third-order valence-corrected chi connectivity index (χ3v) is 4.34. The van der Waals surface area contributed by atoms with Gasteiger partial charge in [-0.15, -0.1) is 11.6 Å². The molecule has 1 aliphatic carbocycles. The lowest BCUT2D eigenvalue weighted by molar-refractivity contribution is 0.0937. The summed E-state index contributed by atoms with van der Waals surface area (Å²) < 4.78 is 0.701. The van der Waals surface area contributed by atoms with Crippen molar-refractivity contribution in [1.29, 1.82) is 0 Å². The maximum absolute atomic E-state index is 12.0. The Morgan fingerprint density at radius 1 is 1.41 bits per heavy atom. The van der Waals surface area contributed by atoms with Crippen molar-refractivity contribution in [1.82, 2.24) is 5.32 Å². The number of hydrogen-bond donors (Lipinski definition) is 1. The van der Waals surface area contributed by atoms with Crippen molar-refractivity contribution < 1.29 is 4.79 Å². The van der Waals surface area contributed by atoms with Gasteiger partial charge in [-0.05, 0) is 53.4 Å². The monoisotopic (exact) mass is 335 g/mol. The molecule has 0 aromatic heterocycles. The van der Waals surface area contributed by atoms with Crippen molar-refractivity contribution in [2.45, 2.75) is 30.7 Å². The van der Waals surface area contributed by atoms with Crippen molar-refractivity contribution >= 4 is 45.0 Å². The number of hydrogen-bond acceptors (Lipinski definition) is 1. The van der Waals surface area contributed by atoms with Gasteiger partial charge < -0.3 is 5.32 Å². The molecule has 1 N–H and O–H groups in total. The van der Waals surface area contributed by atoms with Crippen LogP contribution in [0.2, 0.25) is 5.02 Å². The molecule has 2 atom stereocenters. The van der Waals surface area contributed by atoms with Crippen LogP contribution in [0.1, 0.15) is 29.6 Å². The molecule has 1 saturated carbocycles. The van der Waals surface area contributed by atoms with Crippen LogP contribution in [0.5, 0.6) is 0 Å². The summed E-state index contributed by atoms with van der Waals surface area (Å²) in [6, 6.07) is 5.20. The van der Waals surface area contributed by atoms with Gasteiger partial charge in [-0.1, -0.05) is 11.6 Å². The molecule has 17 heavy (non-hydrogen) atoms. The van der Waals surface area contributed by atoms with E-state index < -0.39 is 0 Å². The Hall–Kier alpha value is -0.250. The molecule has 2 rings (SSSR count). The summed E-state index contributed by atoms with van der Waals surface area (Å²) in [6.07, 6.45) is 2.99. The molecular weight excluding hydrogens is 325 g/mol. The molecule has 0 radical (unpaired) electrons. The lowest BCUT2D eigenvalue weighted by Crippen LogP contribution is -2.37. The second-order valence-electron chi connectivity index (χ2n) is 4.15. The zero-order chi connectivity index (χ0) is 12.4. The summed E-state index contributed by atoms with van der Waals surface area (Å²) in [5.74, 6) is -0.105. The first-order valence-corrected chi connectivity index (χ1v) is 7.08. The van der Waals surface area contributed by atoms with Crippen molar-refractivity contribution in [2.75, 3.05) is 0 Å². The molecule has 0 spiro atoms. The summed E-state index contributed by atoms with van der Waals surface area (Å²) in [6.45, 7) is 0. The van der Waals surface area contributed by atoms with Crippen LogP contribution in [0.15, 0.2) is 22.7 Å². The van der Waals surface area contributed by atoms with Gasteiger partial charge in [-0.3, -0.25) is 4.79 Å². The quantitative estimate of drug-likeness (QED) is 0.813. The predicted octanol–water partition coefficient (Wildman–Crippen LogP) is 3.99. The van der Waals surface area contributed by atoms with Gasteiger partial charge in [-0.2, -0.15) is 0 Å². The molecule has 0 saturated heterocycles. The van der Waals surface area contributed by atoms with E-state index in [0.29, 0.717) is 15.1 Å². The number of halogens is 3. The van der Waals surface area contributed by atoms with Crippen LogP contribution in [0.25, 0.3) is 0 Å². The van der Waals surface area contributed by atoms with Gasteiger partial charge in [0.2, 0.25) is 0 Å². The SMILES string of the molecule is O=C(NC1CCCC1Cl)c1ccc(Cl)cc1Br. The first-order chi connectivity index (χ1) is 8.08. The lowest BCUT2D eigenvalue weighted by Gasteiger charge is -2.16. The average molecular weight is 337 g/mol. The Kier molecular flexibility index (Phi) is 4.34. The molecule has 2 nitrogen and oxygen atoms in total. The molecule has 0 aliphatic heterocycles. The van der Waals surface area contributed by atoms with Crippen LogP contribution in [-0.2, 0) is 0 Å². The predicted molar refractivity (Wildman–Crippen MR) is 73.9 cm³/mol. The second kappa shape index (κ2) is 5.59. The summed E-state index contributed by atoms with van der Waals surface area (Å²) in [7, 11) is 0. The third-order valence-electron chi connectivity index (χ3n) is 2.92. The number of carbonyl (C=O) groups is 1. The zero-order valence-electron chi connectivity index (χ0n) is 9.05. The van der Waals surface area contributed by atoms with Crippen LogP contribution in [0, 0.1) is 0 Å². The van der Waals surface area contributed by atoms with Gasteiger partial charge >= 0.3 is 0 Å². The van der Waals surface area contributed by atoms with Crippen LogP contribution in [0.3, 0.4) is 0 Å². The summed E-state index contributed by atoms with van der Waals surface area (Å²) in [5.41, 5.74) is 0.588. The maximum Gasteiger partial charge on any atom is 0.252 e. The number of rotatable bonds is 2. The Labute approximate surface area is 119 Å². The highest BCUT2D eigenvalue weighted by molar-refractivity contribution is 9.10. The fraction of sp³-hybridized carbons (Fsp3) is 0.417. The maximum atomic E-state index is 12.0. The van der Waals surface area contributed by atoms with E-state index in [1.165, 1.54) is 0 Å². The molecule has 92 valence electrons. The van der Waals surface area contributed by atoms with Crippen molar-refractivity contribution in [2.24, 2.45) is 0 Å². The minimum Gasteiger partial charge on any atom is -0.348 e. The normalized spacial score (nSPS) is 23.7. The molecule has 2 unspecified atom stereocenters. The van der Waals surface area contributed by atoms with Gasteiger partial charge in [0.15, 0.2) is 0 Å². The minimum absolute atomic E-state index is 0.0463. The van der Waals surface area contributed by atoms with Gasteiger partial charge in [-0.25, -0.2) is 0 Å². The first-order valence-electron chi connectivity index (χ1n) is 5.48.